The van der Waals surface area contributed by atoms with Gasteiger partial charge in [0.25, 0.3) is 0 Å². The van der Waals surface area contributed by atoms with Crippen molar-refractivity contribution in [3.8, 4) is 40.7 Å². The number of anilines is 3. The van der Waals surface area contributed by atoms with E-state index in [9.17, 15) is 30.2 Å². The second-order valence-electron chi connectivity index (χ2n) is 16.3. The standard InChI is InChI=1S/C48H51N11O5/c1-4-44(63)58-25-24-57(28-34(58)16-20-49)45-36-19-23-56(40-11-7-9-32-8-5-6-10-35(32)40)29-39(36)52-47(53-45)51-22-18-43(62)50-21-17-31-12-14-33(15-13-31)59-46(54-55-48(59)64)38-26-37(30(2)3)41(60)27-42(38)61/h4-15,26-27,30,34,60-61H,1,16-19,21-25,28-29H2,2-3H3,(H,50,62)(H,55,64)(H,51,52,53). The number of nitrogens with zero attached hydrogens (tertiary/aromatic N) is 9. The number of phenolic OH excluding ortho intramolecular Hbond substituents is 2. The number of amides is 2. The number of aromatic hydroxyl groups is 3. The molecule has 0 aliphatic carbocycles. The summed E-state index contributed by atoms with van der Waals surface area (Å²) in [5.74, 6) is 0.833. The maximum Gasteiger partial charge on any atom is 0.319 e. The lowest BCUT2D eigenvalue weighted by molar-refractivity contribution is -0.128. The molecule has 5 N–H and O–H groups in total. The number of carbonyl (C=O) groups excluding carboxylic acids is 2. The number of carbonyl (C=O) groups is 2. The minimum Gasteiger partial charge on any atom is -0.508 e. The fourth-order valence-corrected chi connectivity index (χ4v) is 8.63. The zero-order valence-electron chi connectivity index (χ0n) is 35.9. The van der Waals surface area contributed by atoms with E-state index in [-0.39, 0.29) is 59.9 Å². The van der Waals surface area contributed by atoms with E-state index >= 15 is 0 Å². The third-order valence-corrected chi connectivity index (χ3v) is 11.9. The molecule has 16 nitrogen and oxygen atoms in total. The van der Waals surface area contributed by atoms with Gasteiger partial charge in [0, 0.05) is 68.4 Å². The van der Waals surface area contributed by atoms with Gasteiger partial charge < -0.3 is 40.7 Å². The monoisotopic (exact) mass is 861 g/mol. The van der Waals surface area contributed by atoms with E-state index in [0.717, 1.165) is 40.3 Å². The number of aromatic nitrogens is 5. The van der Waals surface area contributed by atoms with Gasteiger partial charge in [-0.05, 0) is 65.6 Å². The van der Waals surface area contributed by atoms with Gasteiger partial charge in [0.2, 0.25) is 17.8 Å². The molecule has 1 unspecified atom stereocenters. The molecule has 2 aromatic heterocycles. The number of nitriles is 1. The van der Waals surface area contributed by atoms with E-state index in [0.29, 0.717) is 74.9 Å². The van der Waals surface area contributed by atoms with Gasteiger partial charge in [0.1, 0.15) is 17.3 Å². The molecule has 6 aromatic rings. The molecule has 1 atom stereocenters. The van der Waals surface area contributed by atoms with Crippen molar-refractivity contribution in [1.29, 1.82) is 5.26 Å². The topological polar surface area (TPSA) is 209 Å². The highest BCUT2D eigenvalue weighted by Gasteiger charge is 2.33. The minimum absolute atomic E-state index is 0.0216. The van der Waals surface area contributed by atoms with Crippen molar-refractivity contribution in [2.24, 2.45) is 0 Å². The Morgan fingerprint density at radius 3 is 2.52 bits per heavy atom. The van der Waals surface area contributed by atoms with Crippen LogP contribution in [0.5, 0.6) is 17.5 Å². The third kappa shape index (κ3) is 8.96. The summed E-state index contributed by atoms with van der Waals surface area (Å²) in [5, 5.41) is 57.8. The zero-order chi connectivity index (χ0) is 44.9. The van der Waals surface area contributed by atoms with Gasteiger partial charge >= 0.3 is 6.01 Å². The van der Waals surface area contributed by atoms with Gasteiger partial charge in [0.05, 0.1) is 42.0 Å². The van der Waals surface area contributed by atoms with Crippen LogP contribution in [0.3, 0.4) is 0 Å². The van der Waals surface area contributed by atoms with Gasteiger partial charge in [-0.25, -0.2) is 9.55 Å². The Balaban J connectivity index is 0.923. The van der Waals surface area contributed by atoms with E-state index in [2.05, 4.69) is 73.6 Å². The molecule has 1 saturated heterocycles. The second kappa shape index (κ2) is 18.7. The van der Waals surface area contributed by atoms with Crippen LogP contribution in [-0.4, -0.2) is 102 Å². The summed E-state index contributed by atoms with van der Waals surface area (Å²) in [6, 6.07) is 26.5. The highest BCUT2D eigenvalue weighted by Crippen LogP contribution is 2.39. The molecule has 2 amide bonds. The molecule has 0 bridgehead atoms. The quantitative estimate of drug-likeness (QED) is 0.0803. The van der Waals surface area contributed by atoms with Crippen molar-refractivity contribution in [3.63, 3.8) is 0 Å². The van der Waals surface area contributed by atoms with Crippen LogP contribution in [0, 0.1) is 11.3 Å². The van der Waals surface area contributed by atoms with Crippen LogP contribution in [0.2, 0.25) is 0 Å². The molecular formula is C48H51N11O5. The van der Waals surface area contributed by atoms with Crippen molar-refractivity contribution in [1.82, 2.24) is 34.9 Å². The average molecular weight is 862 g/mol. The number of phenols is 2. The third-order valence-electron chi connectivity index (χ3n) is 11.9. The zero-order valence-corrected chi connectivity index (χ0v) is 35.9. The summed E-state index contributed by atoms with van der Waals surface area (Å²) >= 11 is 0. The Bertz CT molecular complexity index is 2740. The van der Waals surface area contributed by atoms with Crippen LogP contribution in [0.4, 0.5) is 17.5 Å². The van der Waals surface area contributed by atoms with E-state index in [1.807, 2.05) is 38.1 Å². The number of hydrogen-bond acceptors (Lipinski definition) is 13. The summed E-state index contributed by atoms with van der Waals surface area (Å²) < 4.78 is 1.42. The Morgan fingerprint density at radius 1 is 0.938 bits per heavy atom. The summed E-state index contributed by atoms with van der Waals surface area (Å²) in [5.41, 5.74) is 5.52. The lowest BCUT2D eigenvalue weighted by Gasteiger charge is -2.42. The summed E-state index contributed by atoms with van der Waals surface area (Å²) in [6.45, 7) is 11.0. The molecule has 16 heteroatoms. The minimum atomic E-state index is -0.355. The van der Waals surface area contributed by atoms with Crippen LogP contribution in [-0.2, 0) is 29.0 Å². The molecule has 64 heavy (non-hydrogen) atoms. The van der Waals surface area contributed by atoms with Crippen LogP contribution in [0.1, 0.15) is 55.0 Å². The first-order chi connectivity index (χ1) is 31.0. The number of nitrogens with one attached hydrogen (secondary N) is 2. The number of rotatable bonds is 14. The largest absolute Gasteiger partial charge is 0.508 e. The average Bonchev–Trinajstić information content (AvgIpc) is 3.68. The second-order valence-corrected chi connectivity index (χ2v) is 16.3. The highest BCUT2D eigenvalue weighted by molar-refractivity contribution is 5.94. The molecule has 2 aliphatic rings. The Morgan fingerprint density at radius 2 is 1.73 bits per heavy atom. The van der Waals surface area contributed by atoms with E-state index in [1.165, 1.54) is 22.1 Å². The van der Waals surface area contributed by atoms with E-state index in [1.54, 1.807) is 23.1 Å². The molecule has 0 saturated carbocycles. The van der Waals surface area contributed by atoms with Crippen molar-refractivity contribution in [2.45, 2.75) is 58.0 Å². The Kier molecular flexibility index (Phi) is 12.6. The predicted octanol–water partition coefficient (Wildman–Crippen LogP) is 5.96. The fraction of sp³-hybridized carbons (Fsp3) is 0.312. The molecule has 2 aliphatic heterocycles. The molecule has 0 radical (unpaired) electrons. The SMILES string of the molecule is C=CC(=O)N1CCN(c2nc(NCCC(=O)NCCc3ccc(-n4c(O)nnc4-c4cc(C(C)C)c(O)cc4O)cc3)nc3c2CCN(c2cccc4ccccc24)C3)CC1CC#N. The van der Waals surface area contributed by atoms with Crippen LogP contribution in [0.25, 0.3) is 27.8 Å². The number of hydrogen-bond donors (Lipinski definition) is 5. The van der Waals surface area contributed by atoms with Gasteiger partial charge in [-0.1, -0.05) is 74.1 Å². The predicted molar refractivity (Wildman–Crippen MR) is 245 cm³/mol. The molecule has 4 aromatic carbocycles. The lowest BCUT2D eigenvalue weighted by atomic mass is 9.98. The summed E-state index contributed by atoms with van der Waals surface area (Å²) in [4.78, 5) is 42.0. The maximum atomic E-state index is 13.1. The Hall–Kier alpha value is -7.67. The molecule has 4 heterocycles. The van der Waals surface area contributed by atoms with E-state index < -0.39 is 0 Å². The number of fused-ring (bicyclic) bond motifs is 2. The van der Waals surface area contributed by atoms with Crippen molar-refractivity contribution < 1.29 is 24.9 Å². The maximum absolute atomic E-state index is 13.1. The van der Waals surface area contributed by atoms with Crippen molar-refractivity contribution in [2.75, 3.05) is 54.4 Å². The first-order valence-corrected chi connectivity index (χ1v) is 21.5. The normalized spacial score (nSPS) is 14.9. The first kappa shape index (κ1) is 43.0. The summed E-state index contributed by atoms with van der Waals surface area (Å²) in [7, 11) is 0. The Labute approximate surface area is 371 Å². The molecular weight excluding hydrogens is 811 g/mol. The van der Waals surface area contributed by atoms with Crippen LogP contribution >= 0.6 is 0 Å². The van der Waals surface area contributed by atoms with Crippen molar-refractivity contribution >= 4 is 40.0 Å². The van der Waals surface area contributed by atoms with Gasteiger partial charge in [-0.2, -0.15) is 10.2 Å². The molecule has 1 fully saturated rings. The number of benzene rings is 4. The molecule has 8 rings (SSSR count). The smallest absolute Gasteiger partial charge is 0.319 e. The molecule has 0 spiro atoms. The van der Waals surface area contributed by atoms with E-state index in [4.69, 9.17) is 9.97 Å². The van der Waals surface area contributed by atoms with Crippen LogP contribution in [0.15, 0.2) is 91.5 Å². The number of piperazine rings is 1. The van der Waals surface area contributed by atoms with Gasteiger partial charge in [-0.3, -0.25) is 9.59 Å². The molecule has 328 valence electrons. The first-order valence-electron chi connectivity index (χ1n) is 21.5. The van der Waals surface area contributed by atoms with Gasteiger partial charge in [-0.15, -0.1) is 5.10 Å². The van der Waals surface area contributed by atoms with Crippen LogP contribution < -0.4 is 20.4 Å². The lowest BCUT2D eigenvalue weighted by Crippen LogP contribution is -2.55. The van der Waals surface area contributed by atoms with Gasteiger partial charge in [0.15, 0.2) is 5.82 Å². The fourth-order valence-electron chi connectivity index (χ4n) is 8.63. The summed E-state index contributed by atoms with van der Waals surface area (Å²) in [6.07, 6.45) is 2.93. The highest BCUT2D eigenvalue weighted by atomic mass is 16.3. The van der Waals surface area contributed by atoms with Crippen molar-refractivity contribution in [3.05, 3.63) is 114 Å².